The second kappa shape index (κ2) is 3.49. The van der Waals surface area contributed by atoms with Crippen molar-refractivity contribution in [1.82, 2.24) is 0 Å². The van der Waals surface area contributed by atoms with Gasteiger partial charge in [0.25, 0.3) is 0 Å². The average molecular weight is 162 g/mol. The molecular weight excluding hydrogens is 148 g/mol. The van der Waals surface area contributed by atoms with Crippen LogP contribution in [0.3, 0.4) is 0 Å². The molecule has 0 radical (unpaired) electrons. The van der Waals surface area contributed by atoms with E-state index in [1.807, 2.05) is 0 Å². The molecule has 0 bridgehead atoms. The van der Waals surface area contributed by atoms with Crippen LogP contribution in [0.15, 0.2) is 0 Å². The summed E-state index contributed by atoms with van der Waals surface area (Å²) in [6.45, 7) is 1.76. The predicted molar refractivity (Wildman–Crippen MR) is 38.0 cm³/mol. The van der Waals surface area contributed by atoms with E-state index in [4.69, 9.17) is 14.6 Å². The standard InChI is InChI=1S/C7H14O4/c1-4-7(10-2)5(8)3-6(9)11-4/h4-9H,3H2,1-2H3/t4-,5-,6+,7+/m0/s1. The first-order valence-electron chi connectivity index (χ1n) is 3.69. The highest BCUT2D eigenvalue weighted by molar-refractivity contribution is 4.80. The van der Waals surface area contributed by atoms with Crippen molar-refractivity contribution in [3.63, 3.8) is 0 Å². The van der Waals surface area contributed by atoms with Crippen molar-refractivity contribution < 1.29 is 19.7 Å². The molecule has 0 spiro atoms. The van der Waals surface area contributed by atoms with E-state index in [1.165, 1.54) is 7.11 Å². The van der Waals surface area contributed by atoms with Crippen molar-refractivity contribution in [2.24, 2.45) is 0 Å². The molecule has 1 aliphatic rings. The van der Waals surface area contributed by atoms with Crippen LogP contribution in [0, 0.1) is 0 Å². The summed E-state index contributed by atoms with van der Waals surface area (Å²) < 4.78 is 10.0. The summed E-state index contributed by atoms with van der Waals surface area (Å²) in [5, 5.41) is 18.4. The van der Waals surface area contributed by atoms with Crippen LogP contribution in [0.4, 0.5) is 0 Å². The zero-order valence-electron chi connectivity index (χ0n) is 6.73. The number of hydrogen-bond acceptors (Lipinski definition) is 4. The Morgan fingerprint density at radius 2 is 2.09 bits per heavy atom. The van der Waals surface area contributed by atoms with Gasteiger partial charge in [0, 0.05) is 13.5 Å². The van der Waals surface area contributed by atoms with Gasteiger partial charge in [-0.3, -0.25) is 0 Å². The summed E-state index contributed by atoms with van der Waals surface area (Å²) in [6.07, 6.45) is -1.83. The highest BCUT2D eigenvalue weighted by atomic mass is 16.6. The third-order valence-electron chi connectivity index (χ3n) is 1.93. The minimum Gasteiger partial charge on any atom is -0.390 e. The van der Waals surface area contributed by atoms with Gasteiger partial charge in [-0.2, -0.15) is 0 Å². The second-order valence-corrected chi connectivity index (χ2v) is 2.80. The van der Waals surface area contributed by atoms with E-state index in [-0.39, 0.29) is 18.6 Å². The van der Waals surface area contributed by atoms with E-state index in [9.17, 15) is 5.11 Å². The van der Waals surface area contributed by atoms with Crippen LogP contribution in [0.2, 0.25) is 0 Å². The molecule has 0 amide bonds. The average Bonchev–Trinajstić information content (AvgIpc) is 1.85. The molecule has 1 heterocycles. The Kier molecular flexibility index (Phi) is 2.84. The third-order valence-corrected chi connectivity index (χ3v) is 1.93. The van der Waals surface area contributed by atoms with Gasteiger partial charge in [0.05, 0.1) is 12.2 Å². The molecule has 11 heavy (non-hydrogen) atoms. The van der Waals surface area contributed by atoms with Crippen molar-refractivity contribution in [3.05, 3.63) is 0 Å². The molecule has 4 heteroatoms. The zero-order chi connectivity index (χ0) is 8.43. The molecule has 0 aromatic carbocycles. The fraction of sp³-hybridized carbons (Fsp3) is 1.00. The Hall–Kier alpha value is -0.160. The van der Waals surface area contributed by atoms with Crippen molar-refractivity contribution in [2.75, 3.05) is 7.11 Å². The molecule has 2 N–H and O–H groups in total. The minimum atomic E-state index is -0.855. The Morgan fingerprint density at radius 1 is 1.45 bits per heavy atom. The van der Waals surface area contributed by atoms with Gasteiger partial charge in [0.15, 0.2) is 6.29 Å². The van der Waals surface area contributed by atoms with Crippen LogP contribution >= 0.6 is 0 Å². The van der Waals surface area contributed by atoms with Gasteiger partial charge >= 0.3 is 0 Å². The first kappa shape index (κ1) is 8.93. The molecule has 1 aliphatic heterocycles. The van der Waals surface area contributed by atoms with E-state index >= 15 is 0 Å². The molecule has 0 aromatic rings. The lowest BCUT2D eigenvalue weighted by molar-refractivity contribution is -0.232. The topological polar surface area (TPSA) is 58.9 Å². The highest BCUT2D eigenvalue weighted by Gasteiger charge is 2.34. The van der Waals surface area contributed by atoms with Gasteiger partial charge in [-0.05, 0) is 6.92 Å². The van der Waals surface area contributed by atoms with Crippen LogP contribution in [0.5, 0.6) is 0 Å². The molecule has 0 aromatic heterocycles. The number of ether oxygens (including phenoxy) is 2. The van der Waals surface area contributed by atoms with E-state index in [1.54, 1.807) is 6.92 Å². The predicted octanol–water partition coefficient (Wildman–Crippen LogP) is -0.510. The van der Waals surface area contributed by atoms with Gasteiger partial charge in [0.1, 0.15) is 6.10 Å². The van der Waals surface area contributed by atoms with Crippen molar-refractivity contribution >= 4 is 0 Å². The molecule has 1 saturated heterocycles. The van der Waals surface area contributed by atoms with Crippen molar-refractivity contribution in [3.8, 4) is 0 Å². The number of methoxy groups -OCH3 is 1. The van der Waals surface area contributed by atoms with E-state index in [2.05, 4.69) is 0 Å². The van der Waals surface area contributed by atoms with Gasteiger partial charge < -0.3 is 19.7 Å². The maximum absolute atomic E-state index is 9.34. The molecule has 4 atom stereocenters. The maximum Gasteiger partial charge on any atom is 0.157 e. The van der Waals surface area contributed by atoms with Gasteiger partial charge in [0.2, 0.25) is 0 Å². The SMILES string of the molecule is CO[C@@H]1[C@H](C)O[C@@H](O)C[C@@H]1O. The molecule has 66 valence electrons. The molecule has 4 nitrogen and oxygen atoms in total. The molecule has 0 aliphatic carbocycles. The summed E-state index contributed by atoms with van der Waals surface area (Å²) >= 11 is 0. The van der Waals surface area contributed by atoms with Crippen LogP contribution in [0.1, 0.15) is 13.3 Å². The molecular formula is C7H14O4. The fourth-order valence-electron chi connectivity index (χ4n) is 1.38. The Labute approximate surface area is 65.7 Å². The lowest BCUT2D eigenvalue weighted by Gasteiger charge is -2.34. The molecule has 0 saturated carbocycles. The third kappa shape index (κ3) is 1.90. The van der Waals surface area contributed by atoms with Gasteiger partial charge in [-0.1, -0.05) is 0 Å². The molecule has 0 unspecified atom stereocenters. The van der Waals surface area contributed by atoms with E-state index in [0.29, 0.717) is 0 Å². The summed E-state index contributed by atoms with van der Waals surface area (Å²) in [5.74, 6) is 0. The monoisotopic (exact) mass is 162 g/mol. The van der Waals surface area contributed by atoms with Crippen LogP contribution in [-0.4, -0.2) is 41.9 Å². The van der Waals surface area contributed by atoms with Gasteiger partial charge in [-0.25, -0.2) is 0 Å². The Bertz CT molecular complexity index is 116. The Balaban J connectivity index is 2.52. The Morgan fingerprint density at radius 3 is 2.55 bits per heavy atom. The fourth-order valence-corrected chi connectivity index (χ4v) is 1.38. The first-order valence-corrected chi connectivity index (χ1v) is 3.69. The van der Waals surface area contributed by atoms with E-state index in [0.717, 1.165) is 0 Å². The number of aliphatic hydroxyl groups is 2. The second-order valence-electron chi connectivity index (χ2n) is 2.80. The molecule has 1 fully saturated rings. The highest BCUT2D eigenvalue weighted by Crippen LogP contribution is 2.20. The summed E-state index contributed by atoms with van der Waals surface area (Å²) in [7, 11) is 1.52. The van der Waals surface area contributed by atoms with Crippen molar-refractivity contribution in [2.45, 2.75) is 37.9 Å². The lowest BCUT2D eigenvalue weighted by atomic mass is 10.0. The smallest absolute Gasteiger partial charge is 0.157 e. The summed E-state index contributed by atoms with van der Waals surface area (Å²) in [4.78, 5) is 0. The normalized spacial score (nSPS) is 45.8. The summed E-state index contributed by atoms with van der Waals surface area (Å²) in [5.41, 5.74) is 0. The maximum atomic E-state index is 9.34. The van der Waals surface area contributed by atoms with Crippen LogP contribution in [0.25, 0.3) is 0 Å². The zero-order valence-corrected chi connectivity index (χ0v) is 6.73. The number of hydrogen-bond donors (Lipinski definition) is 2. The van der Waals surface area contributed by atoms with Crippen LogP contribution in [-0.2, 0) is 9.47 Å². The number of rotatable bonds is 1. The van der Waals surface area contributed by atoms with Crippen LogP contribution < -0.4 is 0 Å². The first-order chi connectivity index (χ1) is 5.15. The van der Waals surface area contributed by atoms with E-state index < -0.39 is 12.4 Å². The molecule has 1 rings (SSSR count). The largest absolute Gasteiger partial charge is 0.390 e. The summed E-state index contributed by atoms with van der Waals surface area (Å²) in [6, 6.07) is 0. The van der Waals surface area contributed by atoms with Crippen molar-refractivity contribution in [1.29, 1.82) is 0 Å². The van der Waals surface area contributed by atoms with Gasteiger partial charge in [-0.15, -0.1) is 0 Å². The lowest BCUT2D eigenvalue weighted by Crippen LogP contribution is -2.47. The minimum absolute atomic E-state index is 0.225. The quantitative estimate of drug-likeness (QED) is 0.545. The number of aliphatic hydroxyl groups excluding tert-OH is 2.